The molecule has 0 bridgehead atoms. The van der Waals surface area contributed by atoms with Crippen LogP contribution in [0.25, 0.3) is 0 Å². The molecule has 0 amide bonds. The SMILES string of the molecule is CCCn1c(CN)nnc1SCC1CCCO1. The lowest BCUT2D eigenvalue weighted by Crippen LogP contribution is -2.11. The van der Waals surface area contributed by atoms with Crippen LogP contribution in [0.5, 0.6) is 0 Å². The van der Waals surface area contributed by atoms with Crippen LogP contribution in [0.4, 0.5) is 0 Å². The Morgan fingerprint density at radius 1 is 1.53 bits per heavy atom. The highest BCUT2D eigenvalue weighted by molar-refractivity contribution is 7.99. The van der Waals surface area contributed by atoms with Crippen molar-refractivity contribution in [2.24, 2.45) is 5.73 Å². The van der Waals surface area contributed by atoms with Crippen molar-refractivity contribution in [3.05, 3.63) is 5.82 Å². The van der Waals surface area contributed by atoms with Gasteiger partial charge in [0.25, 0.3) is 0 Å². The van der Waals surface area contributed by atoms with E-state index in [0.717, 1.165) is 36.3 Å². The first kappa shape index (κ1) is 12.9. The Kier molecular flexibility index (Phi) is 4.82. The molecule has 1 saturated heterocycles. The summed E-state index contributed by atoms with van der Waals surface area (Å²) in [6.45, 7) is 4.44. The summed E-state index contributed by atoms with van der Waals surface area (Å²) in [6.07, 6.45) is 3.80. The molecule has 0 aliphatic carbocycles. The van der Waals surface area contributed by atoms with Crippen molar-refractivity contribution in [3.63, 3.8) is 0 Å². The first-order valence-electron chi connectivity index (χ1n) is 6.21. The Hall–Kier alpha value is -0.590. The van der Waals surface area contributed by atoms with E-state index in [4.69, 9.17) is 10.5 Å². The molecule has 1 atom stereocenters. The van der Waals surface area contributed by atoms with Gasteiger partial charge in [-0.2, -0.15) is 0 Å². The Morgan fingerprint density at radius 2 is 2.41 bits per heavy atom. The quantitative estimate of drug-likeness (QED) is 0.780. The Morgan fingerprint density at radius 3 is 3.06 bits per heavy atom. The highest BCUT2D eigenvalue weighted by Gasteiger charge is 2.18. The zero-order valence-corrected chi connectivity index (χ0v) is 11.1. The molecule has 1 unspecified atom stereocenters. The van der Waals surface area contributed by atoms with Crippen LogP contribution in [0, 0.1) is 0 Å². The van der Waals surface area contributed by atoms with Gasteiger partial charge in [0.05, 0.1) is 12.6 Å². The number of aromatic nitrogens is 3. The lowest BCUT2D eigenvalue weighted by atomic mass is 10.3. The van der Waals surface area contributed by atoms with Gasteiger partial charge in [-0.15, -0.1) is 10.2 Å². The largest absolute Gasteiger partial charge is 0.377 e. The summed E-state index contributed by atoms with van der Waals surface area (Å²) in [5.74, 6) is 1.84. The van der Waals surface area contributed by atoms with E-state index in [9.17, 15) is 0 Å². The van der Waals surface area contributed by atoms with Crippen molar-refractivity contribution >= 4 is 11.8 Å². The molecule has 1 aliphatic rings. The maximum Gasteiger partial charge on any atom is 0.191 e. The summed E-state index contributed by atoms with van der Waals surface area (Å²) in [4.78, 5) is 0. The van der Waals surface area contributed by atoms with Gasteiger partial charge in [0.15, 0.2) is 5.16 Å². The standard InChI is InChI=1S/C11H20N4OS/c1-2-5-15-10(7-12)13-14-11(15)17-8-9-4-3-6-16-9/h9H,2-8,12H2,1H3. The fraction of sp³-hybridized carbons (Fsp3) is 0.818. The van der Waals surface area contributed by atoms with Crippen LogP contribution >= 0.6 is 11.8 Å². The molecule has 1 fully saturated rings. The minimum Gasteiger partial charge on any atom is -0.377 e. The lowest BCUT2D eigenvalue weighted by molar-refractivity contribution is 0.129. The van der Waals surface area contributed by atoms with Crippen molar-refractivity contribution in [1.29, 1.82) is 0 Å². The number of hydrogen-bond donors (Lipinski definition) is 1. The first-order valence-corrected chi connectivity index (χ1v) is 7.20. The monoisotopic (exact) mass is 256 g/mol. The molecule has 6 heteroatoms. The molecule has 17 heavy (non-hydrogen) atoms. The van der Waals surface area contributed by atoms with E-state index in [2.05, 4.69) is 21.7 Å². The second-order valence-electron chi connectivity index (χ2n) is 4.20. The van der Waals surface area contributed by atoms with Gasteiger partial charge < -0.3 is 15.0 Å². The average Bonchev–Trinajstić information content (AvgIpc) is 2.96. The Bertz CT molecular complexity index is 349. The summed E-state index contributed by atoms with van der Waals surface area (Å²) in [5.41, 5.74) is 5.66. The van der Waals surface area contributed by atoms with Gasteiger partial charge in [0.1, 0.15) is 5.82 Å². The van der Waals surface area contributed by atoms with Crippen LogP contribution in [0.2, 0.25) is 0 Å². The van der Waals surface area contributed by atoms with Crippen LogP contribution in [0.3, 0.4) is 0 Å². The predicted molar refractivity (Wildman–Crippen MR) is 67.9 cm³/mol. The molecule has 1 aromatic heterocycles. The topological polar surface area (TPSA) is 66.0 Å². The number of nitrogens with zero attached hydrogens (tertiary/aromatic N) is 3. The van der Waals surface area contributed by atoms with E-state index < -0.39 is 0 Å². The van der Waals surface area contributed by atoms with Gasteiger partial charge in [0.2, 0.25) is 0 Å². The Balaban J connectivity index is 1.96. The van der Waals surface area contributed by atoms with E-state index in [0.29, 0.717) is 12.6 Å². The van der Waals surface area contributed by atoms with E-state index in [1.165, 1.54) is 12.8 Å². The van der Waals surface area contributed by atoms with E-state index in [-0.39, 0.29) is 0 Å². The molecule has 0 radical (unpaired) electrons. The molecule has 5 nitrogen and oxygen atoms in total. The number of ether oxygens (including phenoxy) is 1. The number of rotatable bonds is 6. The molecule has 0 saturated carbocycles. The molecular formula is C11H20N4OS. The lowest BCUT2D eigenvalue weighted by Gasteiger charge is -2.10. The van der Waals surface area contributed by atoms with Gasteiger partial charge in [-0.1, -0.05) is 18.7 Å². The Labute approximate surface area is 106 Å². The molecule has 2 heterocycles. The molecule has 0 aromatic carbocycles. The zero-order chi connectivity index (χ0) is 12.1. The molecule has 0 spiro atoms. The molecule has 96 valence electrons. The molecule has 2 N–H and O–H groups in total. The summed E-state index contributed by atoms with van der Waals surface area (Å²) < 4.78 is 7.73. The minimum absolute atomic E-state index is 0.383. The zero-order valence-electron chi connectivity index (χ0n) is 10.3. The predicted octanol–water partition coefficient (Wildman–Crippen LogP) is 1.42. The second kappa shape index (κ2) is 6.37. The summed E-state index contributed by atoms with van der Waals surface area (Å²) in [7, 11) is 0. The van der Waals surface area contributed by atoms with Crippen molar-refractivity contribution in [2.45, 2.75) is 50.5 Å². The fourth-order valence-electron chi connectivity index (χ4n) is 1.97. The van der Waals surface area contributed by atoms with Crippen LogP contribution in [-0.2, 0) is 17.8 Å². The van der Waals surface area contributed by atoms with Gasteiger partial charge >= 0.3 is 0 Å². The van der Waals surface area contributed by atoms with Gasteiger partial charge in [-0.25, -0.2) is 0 Å². The highest BCUT2D eigenvalue weighted by atomic mass is 32.2. The number of hydrogen-bond acceptors (Lipinski definition) is 5. The molecular weight excluding hydrogens is 236 g/mol. The van der Waals surface area contributed by atoms with Gasteiger partial charge in [0, 0.05) is 18.9 Å². The minimum atomic E-state index is 0.383. The second-order valence-corrected chi connectivity index (χ2v) is 5.19. The third-order valence-electron chi connectivity index (χ3n) is 2.85. The van der Waals surface area contributed by atoms with Crippen LogP contribution in [0.15, 0.2) is 5.16 Å². The van der Waals surface area contributed by atoms with Gasteiger partial charge in [-0.3, -0.25) is 0 Å². The van der Waals surface area contributed by atoms with Crippen molar-refractivity contribution in [1.82, 2.24) is 14.8 Å². The third kappa shape index (κ3) is 3.20. The smallest absolute Gasteiger partial charge is 0.191 e. The maximum absolute atomic E-state index is 5.66. The van der Waals surface area contributed by atoms with Crippen molar-refractivity contribution in [3.8, 4) is 0 Å². The molecule has 1 aliphatic heterocycles. The molecule has 1 aromatic rings. The van der Waals surface area contributed by atoms with Crippen LogP contribution in [-0.4, -0.2) is 33.2 Å². The van der Waals surface area contributed by atoms with Crippen molar-refractivity contribution in [2.75, 3.05) is 12.4 Å². The molecule has 2 rings (SSSR count). The maximum atomic E-state index is 5.66. The van der Waals surface area contributed by atoms with Gasteiger partial charge in [-0.05, 0) is 19.3 Å². The number of thioether (sulfide) groups is 1. The van der Waals surface area contributed by atoms with Crippen LogP contribution in [0.1, 0.15) is 32.0 Å². The highest BCUT2D eigenvalue weighted by Crippen LogP contribution is 2.23. The summed E-state index contributed by atoms with van der Waals surface area (Å²) in [6, 6.07) is 0. The normalized spacial score (nSPS) is 20.0. The summed E-state index contributed by atoms with van der Waals surface area (Å²) >= 11 is 1.73. The summed E-state index contributed by atoms with van der Waals surface area (Å²) in [5, 5.41) is 9.31. The van der Waals surface area contributed by atoms with E-state index in [1.807, 2.05) is 0 Å². The fourth-order valence-corrected chi connectivity index (χ4v) is 3.02. The third-order valence-corrected chi connectivity index (χ3v) is 3.94. The van der Waals surface area contributed by atoms with E-state index >= 15 is 0 Å². The number of nitrogens with two attached hydrogens (primary N) is 1. The van der Waals surface area contributed by atoms with E-state index in [1.54, 1.807) is 11.8 Å². The van der Waals surface area contributed by atoms with Crippen LogP contribution < -0.4 is 5.73 Å². The van der Waals surface area contributed by atoms with Crippen molar-refractivity contribution < 1.29 is 4.74 Å². The average molecular weight is 256 g/mol. The first-order chi connectivity index (χ1) is 8.35.